The van der Waals surface area contributed by atoms with Gasteiger partial charge in [0.05, 0.1) is 18.3 Å². The highest BCUT2D eigenvalue weighted by Crippen LogP contribution is 2.18. The summed E-state index contributed by atoms with van der Waals surface area (Å²) >= 11 is 1.47. The lowest BCUT2D eigenvalue weighted by molar-refractivity contribution is -0.157. The third kappa shape index (κ3) is 4.94. The van der Waals surface area contributed by atoms with Crippen molar-refractivity contribution in [2.45, 2.75) is 39.2 Å². The van der Waals surface area contributed by atoms with Gasteiger partial charge in [-0.25, -0.2) is 9.99 Å². The normalized spacial score (nSPS) is 18.0. The smallest absolute Gasteiger partial charge is 0.273 e. The Bertz CT molecular complexity index is 464. The molecule has 2 rings (SSSR count). The Morgan fingerprint density at radius 3 is 3.00 bits per heavy atom. The number of rotatable bonds is 7. The maximum Gasteiger partial charge on any atom is 0.273 e. The summed E-state index contributed by atoms with van der Waals surface area (Å²) in [6.07, 6.45) is 1.78. The number of aliphatic hydroxyl groups is 1. The summed E-state index contributed by atoms with van der Waals surface area (Å²) in [5, 5.41) is 15.8. The molecule has 1 N–H and O–H groups in total. The minimum Gasteiger partial charge on any atom is -0.468 e. The van der Waals surface area contributed by atoms with Gasteiger partial charge in [0.25, 0.3) is 5.19 Å². The summed E-state index contributed by atoms with van der Waals surface area (Å²) in [6, 6.07) is 0. The summed E-state index contributed by atoms with van der Waals surface area (Å²) in [7, 11) is 0. The lowest BCUT2D eigenvalue weighted by atomic mass is 10.2. The Morgan fingerprint density at radius 2 is 2.33 bits per heavy atom. The van der Waals surface area contributed by atoms with Gasteiger partial charge in [0.1, 0.15) is 6.61 Å². The number of nitrogens with zero attached hydrogens (tertiary/aromatic N) is 3. The van der Waals surface area contributed by atoms with Crippen LogP contribution in [0, 0.1) is 6.92 Å². The first-order valence-electron chi connectivity index (χ1n) is 7.34. The number of aryl methyl sites for hydroxylation is 1. The average molecular weight is 313 g/mol. The second-order valence-corrected chi connectivity index (χ2v) is 6.14. The van der Waals surface area contributed by atoms with E-state index in [-0.39, 0.29) is 12.0 Å². The van der Waals surface area contributed by atoms with E-state index in [0.717, 1.165) is 18.7 Å². The van der Waals surface area contributed by atoms with Crippen molar-refractivity contribution in [1.29, 1.82) is 0 Å². The summed E-state index contributed by atoms with van der Waals surface area (Å²) in [6.45, 7) is 6.20. The molecular formula is C14H23N3O3S. The van der Waals surface area contributed by atoms with Crippen molar-refractivity contribution >= 4 is 17.2 Å². The largest absolute Gasteiger partial charge is 0.468 e. The zero-order valence-electron chi connectivity index (χ0n) is 12.6. The summed E-state index contributed by atoms with van der Waals surface area (Å²) in [5.74, 6) is 0.130. The Kier molecular flexibility index (Phi) is 5.96. The fourth-order valence-electron chi connectivity index (χ4n) is 2.27. The highest BCUT2D eigenvalue weighted by Gasteiger charge is 2.25. The highest BCUT2D eigenvalue weighted by atomic mass is 32.1. The van der Waals surface area contributed by atoms with Gasteiger partial charge in [-0.05, 0) is 26.7 Å². The van der Waals surface area contributed by atoms with Crippen molar-refractivity contribution in [3.63, 3.8) is 0 Å². The molecule has 0 bridgehead atoms. The van der Waals surface area contributed by atoms with Crippen LogP contribution in [-0.4, -0.2) is 58.4 Å². The van der Waals surface area contributed by atoms with Crippen molar-refractivity contribution in [3.05, 3.63) is 11.1 Å². The second-order valence-electron chi connectivity index (χ2n) is 5.32. The van der Waals surface area contributed by atoms with Crippen molar-refractivity contribution in [2.24, 2.45) is 0 Å². The number of hydrazine groups is 1. The summed E-state index contributed by atoms with van der Waals surface area (Å²) < 4.78 is 5.59. The molecule has 0 spiro atoms. The molecule has 1 aliphatic rings. The second kappa shape index (κ2) is 7.72. The van der Waals surface area contributed by atoms with Gasteiger partial charge in [-0.2, -0.15) is 0 Å². The third-order valence-corrected chi connectivity index (χ3v) is 4.24. The van der Waals surface area contributed by atoms with Gasteiger partial charge in [0.15, 0.2) is 0 Å². The van der Waals surface area contributed by atoms with E-state index in [4.69, 9.17) is 4.74 Å². The number of thiazole rings is 1. The number of aliphatic hydroxyl groups excluding tert-OH is 1. The quantitative estimate of drug-likeness (QED) is 0.825. The number of hydrogen-bond acceptors (Lipinski definition) is 6. The number of carbonyl (C=O) groups excluding carboxylic acids is 1. The minimum atomic E-state index is -0.349. The molecule has 1 aromatic rings. The lowest BCUT2D eigenvalue weighted by Gasteiger charge is -2.38. The summed E-state index contributed by atoms with van der Waals surface area (Å²) in [5.41, 5.74) is 0.947. The molecule has 118 valence electrons. The molecule has 1 aliphatic heterocycles. The zero-order chi connectivity index (χ0) is 15.2. The van der Waals surface area contributed by atoms with Crippen molar-refractivity contribution in [1.82, 2.24) is 15.0 Å². The standard InChI is InChI=1S/C14H23N3O3S/c1-11-10-21-14(15-11)20-9-8-17-13(19)4-3-6-16(17)7-5-12(2)18/h10,12,18H,3-9H2,1-2H3. The maximum absolute atomic E-state index is 12.0. The Hall–Kier alpha value is -1.18. The SMILES string of the molecule is Cc1csc(OCCN2C(=O)CCCN2CCC(C)O)n1. The van der Waals surface area contributed by atoms with Crippen LogP contribution in [-0.2, 0) is 4.79 Å². The molecule has 1 aromatic heterocycles. The molecule has 0 aliphatic carbocycles. The number of aromatic nitrogens is 1. The van der Waals surface area contributed by atoms with E-state index in [1.807, 2.05) is 17.3 Å². The number of hydrogen-bond donors (Lipinski definition) is 1. The van der Waals surface area contributed by atoms with Gasteiger partial charge in [-0.15, -0.1) is 0 Å². The fraction of sp³-hybridized carbons (Fsp3) is 0.714. The van der Waals surface area contributed by atoms with Crippen molar-refractivity contribution in [3.8, 4) is 5.19 Å². The average Bonchev–Trinajstić information content (AvgIpc) is 2.84. The molecule has 21 heavy (non-hydrogen) atoms. The highest BCUT2D eigenvalue weighted by molar-refractivity contribution is 7.11. The van der Waals surface area contributed by atoms with Crippen LogP contribution >= 0.6 is 11.3 Å². The lowest BCUT2D eigenvalue weighted by Crippen LogP contribution is -2.52. The molecule has 1 saturated heterocycles. The van der Waals surface area contributed by atoms with E-state index in [2.05, 4.69) is 4.98 Å². The van der Waals surface area contributed by atoms with E-state index < -0.39 is 0 Å². The van der Waals surface area contributed by atoms with Gasteiger partial charge in [-0.1, -0.05) is 11.3 Å². The zero-order valence-corrected chi connectivity index (χ0v) is 13.4. The molecule has 1 fully saturated rings. The first-order chi connectivity index (χ1) is 10.1. The van der Waals surface area contributed by atoms with Crippen LogP contribution in [0.3, 0.4) is 0 Å². The topological polar surface area (TPSA) is 65.9 Å². The molecule has 1 atom stereocenters. The van der Waals surface area contributed by atoms with Crippen LogP contribution in [0.1, 0.15) is 31.9 Å². The van der Waals surface area contributed by atoms with Crippen molar-refractivity contribution < 1.29 is 14.6 Å². The van der Waals surface area contributed by atoms with E-state index in [1.54, 1.807) is 11.9 Å². The first-order valence-corrected chi connectivity index (χ1v) is 8.22. The minimum absolute atomic E-state index is 0.130. The van der Waals surface area contributed by atoms with Crippen molar-refractivity contribution in [2.75, 3.05) is 26.2 Å². The molecule has 1 unspecified atom stereocenters. The number of amides is 1. The Balaban J connectivity index is 1.83. The van der Waals surface area contributed by atoms with Crippen LogP contribution < -0.4 is 4.74 Å². The first kappa shape index (κ1) is 16.2. The van der Waals surface area contributed by atoms with Gasteiger partial charge >= 0.3 is 0 Å². The van der Waals surface area contributed by atoms with E-state index in [1.165, 1.54) is 11.3 Å². The molecule has 6 nitrogen and oxygen atoms in total. The molecule has 0 saturated carbocycles. The van der Waals surface area contributed by atoms with Crippen LogP contribution in [0.5, 0.6) is 5.19 Å². The van der Waals surface area contributed by atoms with Crippen LogP contribution in [0.25, 0.3) is 0 Å². The fourth-order valence-corrected chi connectivity index (χ4v) is 2.95. The number of ether oxygens (including phenoxy) is 1. The molecule has 7 heteroatoms. The Labute approximate surface area is 129 Å². The Morgan fingerprint density at radius 1 is 1.52 bits per heavy atom. The molecular weight excluding hydrogens is 290 g/mol. The molecule has 2 heterocycles. The number of carbonyl (C=O) groups is 1. The van der Waals surface area contributed by atoms with Crippen LogP contribution in [0.15, 0.2) is 5.38 Å². The van der Waals surface area contributed by atoms with Gasteiger partial charge in [-0.3, -0.25) is 9.80 Å². The van der Waals surface area contributed by atoms with E-state index in [9.17, 15) is 9.90 Å². The van der Waals surface area contributed by atoms with Crippen LogP contribution in [0.4, 0.5) is 0 Å². The predicted molar refractivity (Wildman–Crippen MR) is 81.2 cm³/mol. The molecule has 0 radical (unpaired) electrons. The van der Waals surface area contributed by atoms with Gasteiger partial charge in [0.2, 0.25) is 5.91 Å². The predicted octanol–water partition coefficient (Wildman–Crippen LogP) is 1.44. The molecule has 0 aromatic carbocycles. The van der Waals surface area contributed by atoms with Crippen LogP contribution in [0.2, 0.25) is 0 Å². The summed E-state index contributed by atoms with van der Waals surface area (Å²) in [4.78, 5) is 16.3. The van der Waals surface area contributed by atoms with E-state index >= 15 is 0 Å². The third-order valence-electron chi connectivity index (χ3n) is 3.37. The monoisotopic (exact) mass is 313 g/mol. The van der Waals surface area contributed by atoms with Gasteiger partial charge in [0, 0.05) is 24.9 Å². The van der Waals surface area contributed by atoms with E-state index in [0.29, 0.717) is 37.7 Å². The molecule has 1 amide bonds. The maximum atomic E-state index is 12.0. The van der Waals surface area contributed by atoms with Gasteiger partial charge < -0.3 is 9.84 Å².